The van der Waals surface area contributed by atoms with Gasteiger partial charge in [0.05, 0.1) is 16.3 Å². The largest absolute Gasteiger partial charge is 0.349 e. The van der Waals surface area contributed by atoms with Gasteiger partial charge in [-0.05, 0) is 49.4 Å². The molecule has 22 heavy (non-hydrogen) atoms. The van der Waals surface area contributed by atoms with E-state index in [0.717, 1.165) is 22.9 Å². The fourth-order valence-corrected chi connectivity index (χ4v) is 3.95. The van der Waals surface area contributed by atoms with Gasteiger partial charge in [0.1, 0.15) is 0 Å². The summed E-state index contributed by atoms with van der Waals surface area (Å²) >= 11 is 1.43. The van der Waals surface area contributed by atoms with Crippen molar-refractivity contribution in [2.45, 2.75) is 25.8 Å². The quantitative estimate of drug-likeness (QED) is 0.911. The van der Waals surface area contributed by atoms with E-state index in [4.69, 9.17) is 0 Å². The van der Waals surface area contributed by atoms with Crippen molar-refractivity contribution in [1.82, 2.24) is 5.32 Å². The number of fused-ring (bicyclic) bond motifs is 1. The van der Waals surface area contributed by atoms with Gasteiger partial charge in [0.25, 0.3) is 5.91 Å². The fourth-order valence-electron chi connectivity index (χ4n) is 2.18. The molecule has 0 unspecified atom stereocenters. The molecule has 1 heterocycles. The third kappa shape index (κ3) is 2.96. The zero-order valence-electron chi connectivity index (χ0n) is 12.5. The second-order valence-electron chi connectivity index (χ2n) is 5.45. The summed E-state index contributed by atoms with van der Waals surface area (Å²) in [6.07, 6.45) is 2.11. The molecule has 0 aliphatic heterocycles. The molecule has 5 nitrogen and oxygen atoms in total. The molecule has 1 aromatic carbocycles. The Kier molecular flexibility index (Phi) is 3.86. The summed E-state index contributed by atoms with van der Waals surface area (Å²) in [4.78, 5) is 12.7. The molecule has 1 saturated carbocycles. The summed E-state index contributed by atoms with van der Waals surface area (Å²) in [5.41, 5.74) is 0.612. The average molecular weight is 338 g/mol. The van der Waals surface area contributed by atoms with Gasteiger partial charge < -0.3 is 5.32 Å². The van der Waals surface area contributed by atoms with E-state index >= 15 is 0 Å². The van der Waals surface area contributed by atoms with Crippen molar-refractivity contribution in [3.63, 3.8) is 0 Å². The first kappa shape index (κ1) is 15.3. The van der Waals surface area contributed by atoms with E-state index in [1.54, 1.807) is 20.0 Å². The maximum absolute atomic E-state index is 12.1. The van der Waals surface area contributed by atoms with E-state index in [1.807, 2.05) is 18.2 Å². The van der Waals surface area contributed by atoms with Gasteiger partial charge in [0.2, 0.25) is 10.0 Å². The first-order valence-electron chi connectivity index (χ1n) is 7.22. The Morgan fingerprint density at radius 1 is 1.36 bits per heavy atom. The Bertz CT molecular complexity index is 822. The predicted molar refractivity (Wildman–Crippen MR) is 90.2 cm³/mol. The summed E-state index contributed by atoms with van der Waals surface area (Å²) < 4.78 is 26.1. The van der Waals surface area contributed by atoms with Crippen molar-refractivity contribution >= 4 is 43.0 Å². The highest BCUT2D eigenvalue weighted by Crippen LogP contribution is 2.30. The minimum absolute atomic E-state index is 0.0419. The lowest BCUT2D eigenvalue weighted by Crippen LogP contribution is -2.27. The second kappa shape index (κ2) is 5.55. The Morgan fingerprint density at radius 2 is 2.09 bits per heavy atom. The molecule has 0 bridgehead atoms. The number of anilines is 1. The first-order valence-corrected chi connectivity index (χ1v) is 9.64. The number of sulfonamides is 1. The van der Waals surface area contributed by atoms with E-state index in [0.29, 0.717) is 16.6 Å². The number of amides is 1. The van der Waals surface area contributed by atoms with E-state index in [-0.39, 0.29) is 11.7 Å². The Balaban J connectivity index is 1.91. The molecule has 2 aromatic rings. The highest BCUT2D eigenvalue weighted by Gasteiger charge is 2.24. The smallest absolute Gasteiger partial charge is 0.261 e. The Morgan fingerprint density at radius 3 is 2.73 bits per heavy atom. The summed E-state index contributed by atoms with van der Waals surface area (Å²) in [5, 5.41) is 3.86. The minimum atomic E-state index is -3.28. The molecule has 0 atom stereocenters. The van der Waals surface area contributed by atoms with Crippen LogP contribution in [0.5, 0.6) is 0 Å². The van der Waals surface area contributed by atoms with Crippen LogP contribution in [0.1, 0.15) is 29.4 Å². The number of thiophene rings is 1. The van der Waals surface area contributed by atoms with Crippen molar-refractivity contribution in [3.8, 4) is 0 Å². The third-order valence-corrected chi connectivity index (χ3v) is 6.67. The van der Waals surface area contributed by atoms with Crippen LogP contribution in [0, 0.1) is 0 Å². The lowest BCUT2D eigenvalue weighted by Gasteiger charge is -2.18. The van der Waals surface area contributed by atoms with Gasteiger partial charge in [-0.1, -0.05) is 0 Å². The number of hydrogen-bond donors (Lipinski definition) is 1. The van der Waals surface area contributed by atoms with Gasteiger partial charge in [0.15, 0.2) is 0 Å². The van der Waals surface area contributed by atoms with E-state index < -0.39 is 10.0 Å². The molecule has 1 amide bonds. The highest BCUT2D eigenvalue weighted by molar-refractivity contribution is 7.92. The lowest BCUT2D eigenvalue weighted by molar-refractivity contribution is 0.0955. The van der Waals surface area contributed by atoms with E-state index in [2.05, 4.69) is 5.32 Å². The molecule has 7 heteroatoms. The second-order valence-corrected chi connectivity index (χ2v) is 8.82. The maximum Gasteiger partial charge on any atom is 0.261 e. The van der Waals surface area contributed by atoms with Crippen molar-refractivity contribution in [2.75, 3.05) is 17.1 Å². The van der Waals surface area contributed by atoms with Crippen LogP contribution >= 0.6 is 11.3 Å². The van der Waals surface area contributed by atoms with Crippen LogP contribution in [-0.2, 0) is 10.0 Å². The van der Waals surface area contributed by atoms with Gasteiger partial charge in [-0.2, -0.15) is 0 Å². The fraction of sp³-hybridized carbons (Fsp3) is 0.400. The molecule has 1 N–H and O–H groups in total. The van der Waals surface area contributed by atoms with Gasteiger partial charge in [-0.3, -0.25) is 9.10 Å². The van der Waals surface area contributed by atoms with Crippen LogP contribution in [0.15, 0.2) is 24.3 Å². The summed E-state index contributed by atoms with van der Waals surface area (Å²) in [5.74, 6) is 0.0139. The predicted octanol–water partition coefficient (Wildman–Crippen LogP) is 2.58. The van der Waals surface area contributed by atoms with Crippen molar-refractivity contribution in [3.05, 3.63) is 29.1 Å². The van der Waals surface area contributed by atoms with Crippen molar-refractivity contribution in [2.24, 2.45) is 0 Å². The number of nitrogens with zero attached hydrogens (tertiary/aromatic N) is 1. The van der Waals surface area contributed by atoms with Crippen LogP contribution in [0.3, 0.4) is 0 Å². The topological polar surface area (TPSA) is 66.5 Å². The zero-order valence-corrected chi connectivity index (χ0v) is 14.1. The summed E-state index contributed by atoms with van der Waals surface area (Å²) in [7, 11) is -1.73. The van der Waals surface area contributed by atoms with Crippen LogP contribution in [0.4, 0.5) is 5.69 Å². The average Bonchev–Trinajstić information content (AvgIpc) is 3.21. The van der Waals surface area contributed by atoms with Crippen LogP contribution in [0.2, 0.25) is 0 Å². The maximum atomic E-state index is 12.1. The molecule has 1 aliphatic carbocycles. The van der Waals surface area contributed by atoms with Crippen LogP contribution in [-0.4, -0.2) is 33.2 Å². The molecule has 0 saturated heterocycles. The standard InChI is InChI=1S/C15H18N2O3S2/c1-3-22(19,20)17(2)12-6-7-13-10(8-12)9-14(21-13)15(18)16-11-4-5-11/h6-9,11H,3-5H2,1-2H3,(H,16,18). The molecule has 1 fully saturated rings. The monoisotopic (exact) mass is 338 g/mol. The molecule has 118 valence electrons. The third-order valence-electron chi connectivity index (χ3n) is 3.78. The number of hydrogen-bond acceptors (Lipinski definition) is 4. The minimum Gasteiger partial charge on any atom is -0.349 e. The van der Waals surface area contributed by atoms with Crippen LogP contribution < -0.4 is 9.62 Å². The van der Waals surface area contributed by atoms with Gasteiger partial charge in [-0.15, -0.1) is 11.3 Å². The molecular weight excluding hydrogens is 320 g/mol. The number of benzene rings is 1. The number of carbonyl (C=O) groups is 1. The van der Waals surface area contributed by atoms with Crippen LogP contribution in [0.25, 0.3) is 10.1 Å². The van der Waals surface area contributed by atoms with E-state index in [1.165, 1.54) is 15.6 Å². The van der Waals surface area contributed by atoms with Gasteiger partial charge in [-0.25, -0.2) is 8.42 Å². The number of nitrogens with one attached hydrogen (secondary N) is 1. The summed E-state index contributed by atoms with van der Waals surface area (Å²) in [6, 6.07) is 7.61. The molecule has 0 radical (unpaired) electrons. The Labute approximate surface area is 134 Å². The number of carbonyl (C=O) groups excluding carboxylic acids is 1. The van der Waals surface area contributed by atoms with Gasteiger partial charge >= 0.3 is 0 Å². The lowest BCUT2D eigenvalue weighted by atomic mass is 10.2. The normalized spacial score (nSPS) is 15.0. The molecule has 1 aromatic heterocycles. The summed E-state index contributed by atoms with van der Waals surface area (Å²) in [6.45, 7) is 1.62. The highest BCUT2D eigenvalue weighted by atomic mass is 32.2. The zero-order chi connectivity index (χ0) is 15.9. The number of rotatable bonds is 5. The molecule has 0 spiro atoms. The van der Waals surface area contributed by atoms with E-state index in [9.17, 15) is 13.2 Å². The molecular formula is C15H18N2O3S2. The Hall–Kier alpha value is -1.60. The van der Waals surface area contributed by atoms with Crippen molar-refractivity contribution < 1.29 is 13.2 Å². The van der Waals surface area contributed by atoms with Crippen molar-refractivity contribution in [1.29, 1.82) is 0 Å². The van der Waals surface area contributed by atoms with Gasteiger partial charge in [0, 0.05) is 17.8 Å². The molecule has 1 aliphatic rings. The SMILES string of the molecule is CCS(=O)(=O)N(C)c1ccc2sc(C(=O)NC3CC3)cc2c1. The first-order chi connectivity index (χ1) is 10.4. The molecule has 3 rings (SSSR count).